The normalized spacial score (nSPS) is 27.4. The first kappa shape index (κ1) is 15.8. The number of benzene rings is 1. The van der Waals surface area contributed by atoms with Crippen molar-refractivity contribution in [1.82, 2.24) is 0 Å². The molecule has 0 saturated heterocycles. The maximum Gasteiger partial charge on any atom is 0.203 e. The number of aliphatic hydroxyl groups excluding tert-OH is 1. The second kappa shape index (κ2) is 6.59. The van der Waals surface area contributed by atoms with Crippen LogP contribution in [-0.4, -0.2) is 37.4 Å². The number of fused-ring (bicyclic) bond motifs is 3. The highest BCUT2D eigenvalue weighted by Crippen LogP contribution is 2.54. The van der Waals surface area contributed by atoms with Crippen LogP contribution in [0.4, 0.5) is 0 Å². The van der Waals surface area contributed by atoms with Crippen molar-refractivity contribution in [3.05, 3.63) is 17.2 Å². The van der Waals surface area contributed by atoms with Crippen molar-refractivity contribution in [1.29, 1.82) is 0 Å². The van der Waals surface area contributed by atoms with Gasteiger partial charge in [-0.15, -0.1) is 0 Å². The first-order chi connectivity index (χ1) is 10.7. The third-order valence-corrected chi connectivity index (χ3v) is 6.30. The lowest BCUT2D eigenvalue weighted by atomic mass is 9.80. The van der Waals surface area contributed by atoms with E-state index in [0.29, 0.717) is 22.7 Å². The minimum atomic E-state index is -0.487. The van der Waals surface area contributed by atoms with Crippen LogP contribution >= 0.6 is 11.8 Å². The number of hydrogen-bond donors (Lipinski definition) is 1. The number of thioether (sulfide) groups is 1. The van der Waals surface area contributed by atoms with Crippen molar-refractivity contribution < 1.29 is 19.3 Å². The number of aliphatic hydroxyl groups is 1. The highest BCUT2D eigenvalue weighted by molar-refractivity contribution is 8.00. The summed E-state index contributed by atoms with van der Waals surface area (Å²) in [5.74, 6) is 3.13. The Morgan fingerprint density at radius 1 is 1.05 bits per heavy atom. The van der Waals surface area contributed by atoms with Gasteiger partial charge in [0.15, 0.2) is 11.5 Å². The molecule has 1 fully saturated rings. The monoisotopic (exact) mass is 324 g/mol. The van der Waals surface area contributed by atoms with Crippen LogP contribution in [0.3, 0.4) is 0 Å². The molecule has 0 spiro atoms. The van der Waals surface area contributed by atoms with Gasteiger partial charge in [0.1, 0.15) is 0 Å². The Kier molecular flexibility index (Phi) is 4.73. The molecule has 3 atom stereocenters. The smallest absolute Gasteiger partial charge is 0.203 e. The average Bonchev–Trinajstić information content (AvgIpc) is 2.70. The van der Waals surface area contributed by atoms with Gasteiger partial charge in [-0.25, -0.2) is 0 Å². The SMILES string of the molecule is COc1cc2c(c(OC)c1OC)[C@H]1CCCC[C@@H]1SC[C@@H]2O. The van der Waals surface area contributed by atoms with Gasteiger partial charge in [-0.2, -0.15) is 11.8 Å². The third kappa shape index (κ3) is 2.54. The van der Waals surface area contributed by atoms with Gasteiger partial charge in [-0.3, -0.25) is 0 Å². The van der Waals surface area contributed by atoms with E-state index in [1.54, 1.807) is 21.3 Å². The molecule has 122 valence electrons. The van der Waals surface area contributed by atoms with Crippen LogP contribution in [0, 0.1) is 0 Å². The lowest BCUT2D eigenvalue weighted by Gasteiger charge is -2.32. The molecule has 0 amide bonds. The van der Waals surface area contributed by atoms with Crippen LogP contribution in [0.5, 0.6) is 17.2 Å². The zero-order chi connectivity index (χ0) is 15.7. The fourth-order valence-electron chi connectivity index (χ4n) is 3.79. The highest BCUT2D eigenvalue weighted by Gasteiger charge is 2.37. The zero-order valence-electron chi connectivity index (χ0n) is 13.4. The van der Waals surface area contributed by atoms with Crippen molar-refractivity contribution in [3.63, 3.8) is 0 Å². The van der Waals surface area contributed by atoms with E-state index in [2.05, 4.69) is 0 Å². The minimum absolute atomic E-state index is 0.417. The zero-order valence-corrected chi connectivity index (χ0v) is 14.2. The summed E-state index contributed by atoms with van der Waals surface area (Å²) in [5.41, 5.74) is 2.07. The number of rotatable bonds is 3. The molecule has 0 radical (unpaired) electrons. The Labute approximate surface area is 136 Å². The van der Waals surface area contributed by atoms with Gasteiger partial charge >= 0.3 is 0 Å². The summed E-state index contributed by atoms with van der Waals surface area (Å²) in [7, 11) is 4.91. The molecule has 1 aromatic rings. The van der Waals surface area contributed by atoms with Gasteiger partial charge in [0.25, 0.3) is 0 Å². The van der Waals surface area contributed by atoms with Crippen LogP contribution in [0.1, 0.15) is 48.8 Å². The quantitative estimate of drug-likeness (QED) is 0.922. The summed E-state index contributed by atoms with van der Waals surface area (Å²) in [6.45, 7) is 0. The fourth-order valence-corrected chi connectivity index (χ4v) is 5.23. The predicted octanol–water partition coefficient (Wildman–Crippen LogP) is 3.52. The first-order valence-electron chi connectivity index (χ1n) is 7.83. The molecule has 3 rings (SSSR count). The summed E-state index contributed by atoms with van der Waals surface area (Å²) < 4.78 is 16.7. The van der Waals surface area contributed by atoms with Gasteiger partial charge in [0.05, 0.1) is 27.4 Å². The summed E-state index contributed by atoms with van der Waals surface area (Å²) in [6.07, 6.45) is 4.37. The van der Waals surface area contributed by atoms with Gasteiger partial charge in [0, 0.05) is 16.6 Å². The van der Waals surface area contributed by atoms with Crippen molar-refractivity contribution in [2.45, 2.75) is 43.0 Å². The van der Waals surface area contributed by atoms with Crippen LogP contribution in [0.15, 0.2) is 6.07 Å². The van der Waals surface area contributed by atoms with Crippen molar-refractivity contribution in [3.8, 4) is 17.2 Å². The van der Waals surface area contributed by atoms with Crippen LogP contribution < -0.4 is 14.2 Å². The molecule has 1 N–H and O–H groups in total. The van der Waals surface area contributed by atoms with Crippen LogP contribution in [0.2, 0.25) is 0 Å². The second-order valence-corrected chi connectivity index (χ2v) is 7.20. The average molecular weight is 324 g/mol. The molecule has 5 heteroatoms. The number of ether oxygens (including phenoxy) is 3. The maximum absolute atomic E-state index is 10.6. The van der Waals surface area contributed by atoms with E-state index in [9.17, 15) is 5.11 Å². The Morgan fingerprint density at radius 2 is 1.77 bits per heavy atom. The van der Waals surface area contributed by atoms with E-state index in [4.69, 9.17) is 14.2 Å². The summed E-state index contributed by atoms with van der Waals surface area (Å²) in [4.78, 5) is 0. The lowest BCUT2D eigenvalue weighted by molar-refractivity contribution is 0.201. The topological polar surface area (TPSA) is 47.9 Å². The molecule has 4 nitrogen and oxygen atoms in total. The summed E-state index contributed by atoms with van der Waals surface area (Å²) >= 11 is 1.89. The standard InChI is InChI=1S/C17H24O4S/c1-19-13-8-11-12(18)9-22-14-7-5-4-6-10(14)15(11)17(21-3)16(13)20-2/h8,10,12,14,18H,4-7,9H2,1-3H3/t10-,12-,14-/m0/s1. The molecular weight excluding hydrogens is 300 g/mol. The van der Waals surface area contributed by atoms with Crippen molar-refractivity contribution >= 4 is 11.8 Å². The van der Waals surface area contributed by atoms with Gasteiger partial charge < -0.3 is 19.3 Å². The van der Waals surface area contributed by atoms with Crippen LogP contribution in [0.25, 0.3) is 0 Å². The Hall–Kier alpha value is -1.07. The molecule has 0 aromatic heterocycles. The van der Waals surface area contributed by atoms with Crippen molar-refractivity contribution in [2.75, 3.05) is 27.1 Å². The van der Waals surface area contributed by atoms with Crippen molar-refractivity contribution in [2.24, 2.45) is 0 Å². The number of hydrogen-bond acceptors (Lipinski definition) is 5. The molecule has 1 aliphatic carbocycles. The second-order valence-electron chi connectivity index (χ2n) is 5.93. The molecule has 0 unspecified atom stereocenters. The molecule has 22 heavy (non-hydrogen) atoms. The number of methoxy groups -OCH3 is 3. The summed E-state index contributed by atoms with van der Waals surface area (Å²) in [6, 6.07) is 1.93. The molecular formula is C17H24O4S. The minimum Gasteiger partial charge on any atom is -0.493 e. The van der Waals surface area contributed by atoms with E-state index >= 15 is 0 Å². The molecule has 1 aromatic carbocycles. The van der Waals surface area contributed by atoms with E-state index in [-0.39, 0.29) is 0 Å². The molecule has 1 saturated carbocycles. The summed E-state index contributed by atoms with van der Waals surface area (Å²) in [5, 5.41) is 11.2. The Bertz CT molecular complexity index is 546. The Balaban J connectivity index is 2.22. The van der Waals surface area contributed by atoms with Gasteiger partial charge in [0.2, 0.25) is 5.75 Å². The fraction of sp³-hybridized carbons (Fsp3) is 0.647. The maximum atomic E-state index is 10.6. The van der Waals surface area contributed by atoms with E-state index in [1.165, 1.54) is 19.3 Å². The lowest BCUT2D eigenvalue weighted by Crippen LogP contribution is -2.20. The van der Waals surface area contributed by atoms with Crippen LogP contribution in [-0.2, 0) is 0 Å². The third-order valence-electron chi connectivity index (χ3n) is 4.80. The highest BCUT2D eigenvalue weighted by atomic mass is 32.2. The molecule has 2 aliphatic rings. The predicted molar refractivity (Wildman–Crippen MR) is 88.5 cm³/mol. The molecule has 1 aliphatic heterocycles. The molecule has 0 bridgehead atoms. The Morgan fingerprint density at radius 3 is 2.45 bits per heavy atom. The van der Waals surface area contributed by atoms with E-state index in [0.717, 1.165) is 29.1 Å². The van der Waals surface area contributed by atoms with E-state index in [1.807, 2.05) is 17.8 Å². The molecule has 1 heterocycles. The van der Waals surface area contributed by atoms with Gasteiger partial charge in [-0.1, -0.05) is 12.8 Å². The largest absolute Gasteiger partial charge is 0.493 e. The van der Waals surface area contributed by atoms with E-state index < -0.39 is 6.10 Å². The first-order valence-corrected chi connectivity index (χ1v) is 8.88. The van der Waals surface area contributed by atoms with Gasteiger partial charge in [-0.05, 0) is 30.4 Å².